The molecule has 0 aliphatic carbocycles. The summed E-state index contributed by atoms with van der Waals surface area (Å²) < 4.78 is 9.76. The van der Waals surface area contributed by atoms with Crippen LogP contribution in [-0.2, 0) is 19.1 Å². The minimum atomic E-state index is -1.14. The van der Waals surface area contributed by atoms with Crippen LogP contribution in [0.4, 0.5) is 4.79 Å². The summed E-state index contributed by atoms with van der Waals surface area (Å²) >= 11 is 0. The lowest BCUT2D eigenvalue weighted by atomic mass is 10.2. The highest BCUT2D eigenvalue weighted by molar-refractivity contribution is 5.90. The Bertz CT molecular complexity index is 432. The van der Waals surface area contributed by atoms with Crippen LogP contribution in [0.15, 0.2) is 0 Å². The van der Waals surface area contributed by atoms with E-state index in [4.69, 9.17) is 9.84 Å². The van der Waals surface area contributed by atoms with Crippen molar-refractivity contribution < 1.29 is 29.0 Å². The molecule has 22 heavy (non-hydrogen) atoms. The first-order valence-electron chi connectivity index (χ1n) is 7.18. The van der Waals surface area contributed by atoms with Gasteiger partial charge in [0.05, 0.1) is 13.7 Å². The van der Waals surface area contributed by atoms with Crippen LogP contribution in [0.3, 0.4) is 0 Å². The molecule has 0 radical (unpaired) electrons. The number of likely N-dealkylation sites (tertiary alicyclic amines) is 1. The molecule has 0 saturated carbocycles. The van der Waals surface area contributed by atoms with E-state index in [1.165, 1.54) is 12.0 Å². The normalized spacial score (nSPS) is 19.5. The Hall–Kier alpha value is -1.83. The lowest BCUT2D eigenvalue weighted by molar-refractivity contribution is -0.146. The van der Waals surface area contributed by atoms with Crippen LogP contribution in [0.5, 0.6) is 0 Å². The first-order valence-corrected chi connectivity index (χ1v) is 7.18. The number of esters is 1. The van der Waals surface area contributed by atoms with Gasteiger partial charge in [0.25, 0.3) is 0 Å². The first-order chi connectivity index (χ1) is 10.2. The summed E-state index contributed by atoms with van der Waals surface area (Å²) in [6.07, 6.45) is 0.577. The molecule has 1 rings (SSSR count). The third kappa shape index (κ3) is 4.87. The number of methoxy groups -OCH3 is 1. The minimum absolute atomic E-state index is 0.412. The number of aliphatic hydroxyl groups is 1. The maximum Gasteiger partial charge on any atom is 0.410 e. The maximum absolute atomic E-state index is 12.2. The van der Waals surface area contributed by atoms with Crippen LogP contribution in [0.1, 0.15) is 33.6 Å². The van der Waals surface area contributed by atoms with E-state index in [-0.39, 0.29) is 0 Å². The summed E-state index contributed by atoms with van der Waals surface area (Å²) in [6.45, 7) is 5.08. The van der Waals surface area contributed by atoms with Crippen LogP contribution in [0, 0.1) is 0 Å². The zero-order valence-corrected chi connectivity index (χ0v) is 13.4. The molecule has 0 spiro atoms. The molecule has 0 aromatic rings. The van der Waals surface area contributed by atoms with E-state index in [1.807, 2.05) is 0 Å². The van der Waals surface area contributed by atoms with Crippen molar-refractivity contribution in [1.29, 1.82) is 0 Å². The second kappa shape index (κ2) is 7.44. The van der Waals surface area contributed by atoms with Gasteiger partial charge in [-0.15, -0.1) is 0 Å². The fraction of sp³-hybridized carbons (Fsp3) is 0.786. The van der Waals surface area contributed by atoms with Gasteiger partial charge < -0.3 is 19.9 Å². The third-order valence-corrected chi connectivity index (χ3v) is 3.17. The third-order valence-electron chi connectivity index (χ3n) is 3.17. The number of amides is 2. The molecule has 2 atom stereocenters. The van der Waals surface area contributed by atoms with Crippen LogP contribution in [0.25, 0.3) is 0 Å². The van der Waals surface area contributed by atoms with Crippen LogP contribution in [-0.4, -0.2) is 65.9 Å². The van der Waals surface area contributed by atoms with Crippen LogP contribution < -0.4 is 5.32 Å². The number of aliphatic hydroxyl groups excluding tert-OH is 1. The number of hydrogen-bond donors (Lipinski definition) is 2. The van der Waals surface area contributed by atoms with Gasteiger partial charge in [-0.05, 0) is 33.6 Å². The van der Waals surface area contributed by atoms with E-state index < -0.39 is 42.3 Å². The fourth-order valence-electron chi connectivity index (χ4n) is 2.17. The summed E-state index contributed by atoms with van der Waals surface area (Å²) in [4.78, 5) is 37.1. The molecule has 0 bridgehead atoms. The molecule has 2 unspecified atom stereocenters. The highest BCUT2D eigenvalue weighted by Gasteiger charge is 2.37. The summed E-state index contributed by atoms with van der Waals surface area (Å²) in [5.41, 5.74) is -0.652. The predicted molar refractivity (Wildman–Crippen MR) is 77.0 cm³/mol. The average Bonchev–Trinajstić information content (AvgIpc) is 2.91. The van der Waals surface area contributed by atoms with Gasteiger partial charge in [0.2, 0.25) is 5.91 Å². The second-order valence-electron chi connectivity index (χ2n) is 6.10. The monoisotopic (exact) mass is 316 g/mol. The Morgan fingerprint density at radius 1 is 1.36 bits per heavy atom. The highest BCUT2D eigenvalue weighted by atomic mass is 16.6. The average molecular weight is 316 g/mol. The van der Waals surface area contributed by atoms with Crippen molar-refractivity contribution in [1.82, 2.24) is 10.2 Å². The number of nitrogens with one attached hydrogen (secondary N) is 1. The lowest BCUT2D eigenvalue weighted by Crippen LogP contribution is -2.52. The largest absolute Gasteiger partial charge is 0.467 e. The number of carbonyl (C=O) groups excluding carboxylic acids is 3. The van der Waals surface area contributed by atoms with Crippen molar-refractivity contribution in [2.75, 3.05) is 20.3 Å². The SMILES string of the molecule is COC(=O)C(CO)NC(=O)C1CCCN1C(=O)OC(C)(C)C. The van der Waals surface area contributed by atoms with E-state index in [9.17, 15) is 14.4 Å². The van der Waals surface area contributed by atoms with Gasteiger partial charge in [-0.3, -0.25) is 9.69 Å². The number of nitrogens with zero attached hydrogens (tertiary/aromatic N) is 1. The minimum Gasteiger partial charge on any atom is -0.467 e. The molecule has 8 nitrogen and oxygen atoms in total. The van der Waals surface area contributed by atoms with E-state index >= 15 is 0 Å². The lowest BCUT2D eigenvalue weighted by Gasteiger charge is -2.28. The smallest absolute Gasteiger partial charge is 0.410 e. The first kappa shape index (κ1) is 18.2. The van der Waals surface area contributed by atoms with E-state index in [0.29, 0.717) is 19.4 Å². The van der Waals surface area contributed by atoms with E-state index in [1.54, 1.807) is 20.8 Å². The van der Waals surface area contributed by atoms with Gasteiger partial charge >= 0.3 is 12.1 Å². The Labute approximate surface area is 129 Å². The molecule has 1 saturated heterocycles. The molecule has 126 valence electrons. The zero-order chi connectivity index (χ0) is 16.9. The molecule has 2 amide bonds. The molecule has 1 fully saturated rings. The molecule has 1 heterocycles. The van der Waals surface area contributed by atoms with Gasteiger partial charge in [0.15, 0.2) is 6.04 Å². The van der Waals surface area contributed by atoms with Crippen LogP contribution in [0.2, 0.25) is 0 Å². The quantitative estimate of drug-likeness (QED) is 0.709. The number of carbonyl (C=O) groups is 3. The Balaban J connectivity index is 2.71. The predicted octanol–water partition coefficient (Wildman–Crippen LogP) is 0.0360. The number of hydrogen-bond acceptors (Lipinski definition) is 6. The Kier molecular flexibility index (Phi) is 6.16. The van der Waals surface area contributed by atoms with Crippen molar-refractivity contribution in [2.45, 2.75) is 51.3 Å². The molecule has 8 heteroatoms. The van der Waals surface area contributed by atoms with Gasteiger partial charge in [-0.25, -0.2) is 9.59 Å². The van der Waals surface area contributed by atoms with Gasteiger partial charge in [-0.1, -0.05) is 0 Å². The van der Waals surface area contributed by atoms with E-state index in [2.05, 4.69) is 10.1 Å². The van der Waals surface area contributed by atoms with E-state index in [0.717, 1.165) is 0 Å². The van der Waals surface area contributed by atoms with Crippen molar-refractivity contribution in [3.63, 3.8) is 0 Å². The maximum atomic E-state index is 12.2. The molecular formula is C14H24N2O6. The molecule has 1 aliphatic rings. The van der Waals surface area contributed by atoms with Crippen LogP contribution >= 0.6 is 0 Å². The molecule has 2 N–H and O–H groups in total. The summed E-state index contributed by atoms with van der Waals surface area (Å²) in [6, 6.07) is -1.85. The Morgan fingerprint density at radius 3 is 2.50 bits per heavy atom. The molecule has 1 aliphatic heterocycles. The number of ether oxygens (including phenoxy) is 2. The van der Waals surface area contributed by atoms with Crippen molar-refractivity contribution in [2.24, 2.45) is 0 Å². The topological polar surface area (TPSA) is 105 Å². The zero-order valence-electron chi connectivity index (χ0n) is 13.4. The standard InChI is InChI=1S/C14H24N2O6/c1-14(2,3)22-13(20)16-7-5-6-10(16)11(18)15-9(8-17)12(19)21-4/h9-10,17H,5-8H2,1-4H3,(H,15,18). The van der Waals surface area contributed by atoms with Crippen molar-refractivity contribution >= 4 is 18.0 Å². The molecule has 0 aromatic carbocycles. The molecular weight excluding hydrogens is 292 g/mol. The van der Waals surface area contributed by atoms with Crippen molar-refractivity contribution in [3.8, 4) is 0 Å². The van der Waals surface area contributed by atoms with Gasteiger partial charge in [0, 0.05) is 6.54 Å². The molecule has 0 aromatic heterocycles. The fourth-order valence-corrected chi connectivity index (χ4v) is 2.17. The number of rotatable bonds is 4. The summed E-state index contributed by atoms with van der Waals surface area (Å²) in [7, 11) is 1.17. The Morgan fingerprint density at radius 2 is 2.00 bits per heavy atom. The second-order valence-corrected chi connectivity index (χ2v) is 6.10. The van der Waals surface area contributed by atoms with Gasteiger partial charge in [0.1, 0.15) is 11.6 Å². The highest BCUT2D eigenvalue weighted by Crippen LogP contribution is 2.21. The van der Waals surface area contributed by atoms with Gasteiger partial charge in [-0.2, -0.15) is 0 Å². The summed E-state index contributed by atoms with van der Waals surface area (Å²) in [5, 5.41) is 11.5. The summed E-state index contributed by atoms with van der Waals surface area (Å²) in [5.74, 6) is -1.24. The van der Waals surface area contributed by atoms with Crippen molar-refractivity contribution in [3.05, 3.63) is 0 Å².